The summed E-state index contributed by atoms with van der Waals surface area (Å²) in [5.41, 5.74) is 0. The van der Waals surface area contributed by atoms with Crippen LogP contribution in [-0.4, -0.2) is 21.9 Å². The summed E-state index contributed by atoms with van der Waals surface area (Å²) in [6.07, 6.45) is 5.04. The minimum absolute atomic E-state index is 0.0487. The van der Waals surface area contributed by atoms with Crippen LogP contribution in [0.15, 0.2) is 23.5 Å². The Morgan fingerprint density at radius 2 is 2.64 bits per heavy atom. The van der Waals surface area contributed by atoms with E-state index in [1.165, 1.54) is 6.08 Å². The minimum atomic E-state index is -0.0487. The molecular weight excluding hydrogens is 142 g/mol. The highest BCUT2D eigenvalue weighted by Gasteiger charge is 1.98. The standard InChI is InChI=1S/C7H9N3O/c1-7(8-6-11)5-10-4-2-3-9-10/h2-4,7H,5H2,1H3. The normalized spacial score (nSPS) is 12.1. The number of nitrogens with zero attached hydrogens (tertiary/aromatic N) is 3. The fourth-order valence-corrected chi connectivity index (χ4v) is 0.810. The molecule has 1 aromatic rings. The van der Waals surface area contributed by atoms with Crippen molar-refractivity contribution < 1.29 is 4.79 Å². The molecule has 0 bridgehead atoms. The molecule has 4 heteroatoms. The summed E-state index contributed by atoms with van der Waals surface area (Å²) in [6, 6.07) is 1.78. The van der Waals surface area contributed by atoms with Crippen LogP contribution in [0, 0.1) is 0 Å². The van der Waals surface area contributed by atoms with Gasteiger partial charge in [0.05, 0.1) is 12.6 Å². The van der Waals surface area contributed by atoms with Crippen LogP contribution in [0.2, 0.25) is 0 Å². The van der Waals surface area contributed by atoms with Gasteiger partial charge in [0, 0.05) is 12.4 Å². The Kier molecular flexibility index (Phi) is 2.58. The van der Waals surface area contributed by atoms with Gasteiger partial charge in [-0.15, -0.1) is 0 Å². The average Bonchev–Trinajstić information content (AvgIpc) is 2.40. The third-order valence-corrected chi connectivity index (χ3v) is 1.28. The van der Waals surface area contributed by atoms with Crippen LogP contribution in [-0.2, 0) is 11.3 Å². The van der Waals surface area contributed by atoms with Crippen molar-refractivity contribution in [2.75, 3.05) is 0 Å². The molecule has 0 aliphatic heterocycles. The maximum atomic E-state index is 9.82. The van der Waals surface area contributed by atoms with Crippen molar-refractivity contribution in [3.8, 4) is 0 Å². The predicted octanol–water partition coefficient (Wildman–Crippen LogP) is 0.607. The minimum Gasteiger partial charge on any atom is -0.271 e. The van der Waals surface area contributed by atoms with Crippen LogP contribution in [0.4, 0.5) is 0 Å². The first-order valence-corrected chi connectivity index (χ1v) is 3.37. The van der Waals surface area contributed by atoms with Gasteiger partial charge >= 0.3 is 0 Å². The summed E-state index contributed by atoms with van der Waals surface area (Å²) in [6.45, 7) is 2.47. The number of carbonyl (C=O) groups excluding carboxylic acids is 1. The van der Waals surface area contributed by atoms with Gasteiger partial charge in [-0.1, -0.05) is 0 Å². The molecule has 0 aliphatic rings. The zero-order chi connectivity index (χ0) is 8.10. The van der Waals surface area contributed by atoms with Gasteiger partial charge in [0.15, 0.2) is 0 Å². The third-order valence-electron chi connectivity index (χ3n) is 1.28. The Bertz CT molecular complexity index is 249. The summed E-state index contributed by atoms with van der Waals surface area (Å²) < 4.78 is 1.73. The molecule has 58 valence electrons. The van der Waals surface area contributed by atoms with E-state index in [0.29, 0.717) is 6.54 Å². The van der Waals surface area contributed by atoms with Crippen LogP contribution in [0.5, 0.6) is 0 Å². The quantitative estimate of drug-likeness (QED) is 0.469. The number of isocyanates is 1. The molecule has 0 aromatic carbocycles. The van der Waals surface area contributed by atoms with Crippen LogP contribution in [0.3, 0.4) is 0 Å². The number of hydrogen-bond donors (Lipinski definition) is 0. The lowest BCUT2D eigenvalue weighted by Crippen LogP contribution is -2.10. The van der Waals surface area contributed by atoms with Gasteiger partial charge in [-0.3, -0.25) is 4.68 Å². The lowest BCUT2D eigenvalue weighted by Gasteiger charge is -2.02. The molecule has 0 saturated carbocycles. The molecular formula is C7H9N3O. The average molecular weight is 151 g/mol. The first kappa shape index (κ1) is 7.69. The molecule has 0 fully saturated rings. The zero-order valence-corrected chi connectivity index (χ0v) is 6.27. The van der Waals surface area contributed by atoms with Gasteiger partial charge in [-0.05, 0) is 13.0 Å². The molecule has 1 rings (SSSR count). The highest BCUT2D eigenvalue weighted by Crippen LogP contribution is 1.93. The zero-order valence-electron chi connectivity index (χ0n) is 6.27. The molecule has 0 radical (unpaired) electrons. The summed E-state index contributed by atoms with van der Waals surface area (Å²) >= 11 is 0. The van der Waals surface area contributed by atoms with Crippen LogP contribution in [0.25, 0.3) is 0 Å². The molecule has 0 amide bonds. The van der Waals surface area contributed by atoms with E-state index >= 15 is 0 Å². The van der Waals surface area contributed by atoms with E-state index in [-0.39, 0.29) is 6.04 Å². The third kappa shape index (κ3) is 2.35. The Labute approximate surface area is 64.6 Å². The first-order valence-electron chi connectivity index (χ1n) is 3.37. The van der Waals surface area contributed by atoms with Crippen molar-refractivity contribution in [2.45, 2.75) is 19.5 Å². The van der Waals surface area contributed by atoms with Gasteiger partial charge in [0.2, 0.25) is 6.08 Å². The lowest BCUT2D eigenvalue weighted by molar-refractivity contribution is 0.524. The maximum absolute atomic E-state index is 9.82. The van der Waals surface area contributed by atoms with Gasteiger partial charge in [-0.25, -0.2) is 9.79 Å². The molecule has 11 heavy (non-hydrogen) atoms. The summed E-state index contributed by atoms with van der Waals surface area (Å²) in [7, 11) is 0. The molecule has 0 N–H and O–H groups in total. The van der Waals surface area contributed by atoms with E-state index in [1.54, 1.807) is 10.9 Å². The Hall–Kier alpha value is -1.41. The second-order valence-corrected chi connectivity index (χ2v) is 2.30. The maximum Gasteiger partial charge on any atom is 0.235 e. The number of rotatable bonds is 3. The highest BCUT2D eigenvalue weighted by molar-refractivity contribution is 5.33. The van der Waals surface area contributed by atoms with E-state index < -0.39 is 0 Å². The smallest absolute Gasteiger partial charge is 0.235 e. The predicted molar refractivity (Wildman–Crippen MR) is 39.8 cm³/mol. The fraction of sp³-hybridized carbons (Fsp3) is 0.429. The molecule has 1 unspecified atom stereocenters. The number of hydrogen-bond acceptors (Lipinski definition) is 3. The van der Waals surface area contributed by atoms with E-state index in [4.69, 9.17) is 0 Å². The molecule has 1 heterocycles. The second-order valence-electron chi connectivity index (χ2n) is 2.30. The van der Waals surface area contributed by atoms with Crippen molar-refractivity contribution in [3.05, 3.63) is 18.5 Å². The molecule has 1 aromatic heterocycles. The molecule has 0 spiro atoms. The molecule has 0 aliphatic carbocycles. The van der Waals surface area contributed by atoms with Gasteiger partial charge < -0.3 is 0 Å². The summed E-state index contributed by atoms with van der Waals surface area (Å²) in [5.74, 6) is 0. The molecule has 1 atom stereocenters. The number of aliphatic imine (C=N–C) groups is 1. The van der Waals surface area contributed by atoms with Gasteiger partial charge in [-0.2, -0.15) is 5.10 Å². The van der Waals surface area contributed by atoms with E-state index in [0.717, 1.165) is 0 Å². The van der Waals surface area contributed by atoms with E-state index in [1.807, 2.05) is 19.2 Å². The van der Waals surface area contributed by atoms with Gasteiger partial charge in [0.25, 0.3) is 0 Å². The molecule has 0 saturated heterocycles. The highest BCUT2D eigenvalue weighted by atomic mass is 16.1. The lowest BCUT2D eigenvalue weighted by atomic mass is 10.4. The fourth-order valence-electron chi connectivity index (χ4n) is 0.810. The van der Waals surface area contributed by atoms with Crippen LogP contribution >= 0.6 is 0 Å². The Morgan fingerprint density at radius 3 is 3.18 bits per heavy atom. The van der Waals surface area contributed by atoms with Crippen molar-refractivity contribution >= 4 is 6.08 Å². The van der Waals surface area contributed by atoms with Crippen molar-refractivity contribution in [2.24, 2.45) is 4.99 Å². The first-order chi connectivity index (χ1) is 5.33. The van der Waals surface area contributed by atoms with Crippen LogP contribution in [0.1, 0.15) is 6.92 Å². The second kappa shape index (κ2) is 3.68. The van der Waals surface area contributed by atoms with E-state index in [9.17, 15) is 4.79 Å². The molecule has 4 nitrogen and oxygen atoms in total. The van der Waals surface area contributed by atoms with Crippen molar-refractivity contribution in [1.82, 2.24) is 9.78 Å². The topological polar surface area (TPSA) is 47.2 Å². The Balaban J connectivity index is 2.49. The van der Waals surface area contributed by atoms with Crippen molar-refractivity contribution in [3.63, 3.8) is 0 Å². The number of aromatic nitrogens is 2. The van der Waals surface area contributed by atoms with E-state index in [2.05, 4.69) is 10.1 Å². The summed E-state index contributed by atoms with van der Waals surface area (Å²) in [4.78, 5) is 13.4. The Morgan fingerprint density at radius 1 is 1.82 bits per heavy atom. The van der Waals surface area contributed by atoms with Crippen LogP contribution < -0.4 is 0 Å². The van der Waals surface area contributed by atoms with Crippen molar-refractivity contribution in [1.29, 1.82) is 0 Å². The monoisotopic (exact) mass is 151 g/mol. The van der Waals surface area contributed by atoms with Gasteiger partial charge in [0.1, 0.15) is 0 Å². The SMILES string of the molecule is CC(Cn1cccn1)N=C=O. The summed E-state index contributed by atoms with van der Waals surface area (Å²) in [5, 5.41) is 3.97. The largest absolute Gasteiger partial charge is 0.271 e.